The fraction of sp³-hybridized carbons (Fsp3) is 0.333. The summed E-state index contributed by atoms with van der Waals surface area (Å²) in [5.41, 5.74) is 1.71. The van der Waals surface area contributed by atoms with Crippen molar-refractivity contribution in [1.29, 1.82) is 0 Å². The van der Waals surface area contributed by atoms with Crippen molar-refractivity contribution in [1.82, 2.24) is 9.13 Å². The topological polar surface area (TPSA) is 44.0 Å². The van der Waals surface area contributed by atoms with Crippen LogP contribution in [0.1, 0.15) is 41.8 Å². The first-order chi connectivity index (χ1) is 12.6. The van der Waals surface area contributed by atoms with E-state index in [1.165, 1.54) is 9.44 Å². The molecule has 0 radical (unpaired) electrons. The lowest BCUT2D eigenvalue weighted by atomic mass is 9.97. The van der Waals surface area contributed by atoms with Gasteiger partial charge in [0.05, 0.1) is 11.4 Å². The Bertz CT molecular complexity index is 1090. The van der Waals surface area contributed by atoms with Crippen LogP contribution in [0.5, 0.6) is 0 Å². The van der Waals surface area contributed by atoms with Crippen molar-refractivity contribution >= 4 is 21.6 Å². The highest BCUT2D eigenvalue weighted by molar-refractivity contribution is 7.18. The number of aromatic nitrogens is 2. The maximum atomic E-state index is 13.4. The molecule has 1 aliphatic carbocycles. The third-order valence-corrected chi connectivity index (χ3v) is 6.56. The lowest BCUT2D eigenvalue weighted by molar-refractivity contribution is 0.553. The average Bonchev–Trinajstić information content (AvgIpc) is 3.05. The van der Waals surface area contributed by atoms with Gasteiger partial charge in [0.1, 0.15) is 4.83 Å². The molecular formula is C21H22N2O2S. The molecule has 1 aromatic carbocycles. The molecule has 0 bridgehead atoms. The number of hydrogen-bond acceptors (Lipinski definition) is 3. The standard InChI is InChI=1S/C21H22N2O2S/c1-3-13-22-20-18(16-11-7-8-12-17(16)26-20)19(24)23(21(22)25)14(2)15-9-5-4-6-10-15/h3-6,9-10,14H,1,7-8,11-13H2,2H3. The molecule has 0 saturated heterocycles. The molecule has 134 valence electrons. The third kappa shape index (κ3) is 2.58. The normalized spacial score (nSPS) is 15.0. The third-order valence-electron chi connectivity index (χ3n) is 5.25. The van der Waals surface area contributed by atoms with Crippen LogP contribution >= 0.6 is 11.3 Å². The highest BCUT2D eigenvalue weighted by atomic mass is 32.1. The molecule has 1 atom stereocenters. The van der Waals surface area contributed by atoms with Crippen LogP contribution in [0.2, 0.25) is 0 Å². The molecule has 3 aromatic rings. The second kappa shape index (κ2) is 6.72. The van der Waals surface area contributed by atoms with Crippen molar-refractivity contribution in [2.45, 2.75) is 45.2 Å². The van der Waals surface area contributed by atoms with Crippen LogP contribution in [0.4, 0.5) is 0 Å². The average molecular weight is 366 g/mol. The number of thiophene rings is 1. The number of allylic oxidation sites excluding steroid dienone is 1. The molecule has 0 aliphatic heterocycles. The molecule has 1 unspecified atom stereocenters. The Kier molecular flexibility index (Phi) is 4.41. The Hall–Kier alpha value is -2.40. The van der Waals surface area contributed by atoms with E-state index >= 15 is 0 Å². The Labute approximate surface area is 156 Å². The minimum Gasteiger partial charge on any atom is -0.280 e. The van der Waals surface area contributed by atoms with Gasteiger partial charge in [0.15, 0.2) is 0 Å². The Morgan fingerprint density at radius 1 is 1.19 bits per heavy atom. The SMILES string of the molecule is C=CCn1c(=O)n(C(C)c2ccccc2)c(=O)c2c3c(sc21)CCCC3. The van der Waals surface area contributed by atoms with E-state index in [1.54, 1.807) is 22.0 Å². The second-order valence-electron chi connectivity index (χ2n) is 6.83. The fourth-order valence-electron chi connectivity index (χ4n) is 3.90. The van der Waals surface area contributed by atoms with Crippen LogP contribution in [0.25, 0.3) is 10.2 Å². The number of rotatable bonds is 4. The van der Waals surface area contributed by atoms with E-state index in [1.807, 2.05) is 37.3 Å². The van der Waals surface area contributed by atoms with Crippen LogP contribution < -0.4 is 11.2 Å². The summed E-state index contributed by atoms with van der Waals surface area (Å²) in [6, 6.07) is 9.42. The van der Waals surface area contributed by atoms with Gasteiger partial charge in [0, 0.05) is 11.4 Å². The summed E-state index contributed by atoms with van der Waals surface area (Å²) in [5, 5.41) is 0.744. The zero-order valence-electron chi connectivity index (χ0n) is 14.9. The first-order valence-electron chi connectivity index (χ1n) is 9.09. The summed E-state index contributed by atoms with van der Waals surface area (Å²) in [6.45, 7) is 6.13. The van der Waals surface area contributed by atoms with E-state index in [0.29, 0.717) is 6.54 Å². The van der Waals surface area contributed by atoms with E-state index < -0.39 is 0 Å². The molecule has 5 heteroatoms. The lowest BCUT2D eigenvalue weighted by Crippen LogP contribution is -2.41. The van der Waals surface area contributed by atoms with E-state index in [0.717, 1.165) is 47.0 Å². The summed E-state index contributed by atoms with van der Waals surface area (Å²) >= 11 is 1.61. The fourth-order valence-corrected chi connectivity index (χ4v) is 5.28. The molecule has 4 nitrogen and oxygen atoms in total. The zero-order valence-corrected chi connectivity index (χ0v) is 15.7. The van der Waals surface area contributed by atoms with Gasteiger partial charge in [-0.25, -0.2) is 4.79 Å². The number of nitrogens with zero attached hydrogens (tertiary/aromatic N) is 2. The van der Waals surface area contributed by atoms with Crippen LogP contribution in [-0.4, -0.2) is 9.13 Å². The molecule has 26 heavy (non-hydrogen) atoms. The van der Waals surface area contributed by atoms with Crippen molar-refractivity contribution in [3.63, 3.8) is 0 Å². The number of benzene rings is 1. The van der Waals surface area contributed by atoms with Crippen LogP contribution in [0.15, 0.2) is 52.6 Å². The van der Waals surface area contributed by atoms with Crippen molar-refractivity contribution in [3.8, 4) is 0 Å². The molecule has 0 saturated carbocycles. The highest BCUT2D eigenvalue weighted by Gasteiger charge is 2.25. The van der Waals surface area contributed by atoms with Gasteiger partial charge in [-0.2, -0.15) is 0 Å². The summed E-state index contributed by atoms with van der Waals surface area (Å²) in [4.78, 5) is 28.7. The minimum atomic E-state index is -0.309. The maximum absolute atomic E-state index is 13.4. The van der Waals surface area contributed by atoms with Gasteiger partial charge >= 0.3 is 5.69 Å². The second-order valence-corrected chi connectivity index (χ2v) is 7.92. The molecule has 2 heterocycles. The number of hydrogen-bond donors (Lipinski definition) is 0. The van der Waals surface area contributed by atoms with Crippen molar-refractivity contribution in [2.24, 2.45) is 0 Å². The maximum Gasteiger partial charge on any atom is 0.332 e. The van der Waals surface area contributed by atoms with Crippen molar-refractivity contribution in [3.05, 3.63) is 79.8 Å². The summed E-state index contributed by atoms with van der Waals surface area (Å²) in [5.74, 6) is 0. The van der Waals surface area contributed by atoms with Crippen molar-refractivity contribution in [2.75, 3.05) is 0 Å². The Morgan fingerprint density at radius 3 is 2.65 bits per heavy atom. The quantitative estimate of drug-likeness (QED) is 0.657. The molecule has 0 amide bonds. The molecule has 0 spiro atoms. The van der Waals surface area contributed by atoms with Crippen LogP contribution in [0, 0.1) is 0 Å². The van der Waals surface area contributed by atoms with E-state index in [4.69, 9.17) is 0 Å². The van der Waals surface area contributed by atoms with E-state index in [2.05, 4.69) is 6.58 Å². The monoisotopic (exact) mass is 366 g/mol. The summed E-state index contributed by atoms with van der Waals surface area (Å²) < 4.78 is 3.13. The lowest BCUT2D eigenvalue weighted by Gasteiger charge is -2.18. The van der Waals surface area contributed by atoms with Crippen LogP contribution in [0.3, 0.4) is 0 Å². The van der Waals surface area contributed by atoms with Gasteiger partial charge in [-0.1, -0.05) is 36.4 Å². The first kappa shape index (κ1) is 17.0. The van der Waals surface area contributed by atoms with Gasteiger partial charge in [0.2, 0.25) is 0 Å². The van der Waals surface area contributed by atoms with Gasteiger partial charge in [-0.3, -0.25) is 13.9 Å². The molecular weight excluding hydrogens is 344 g/mol. The summed E-state index contributed by atoms with van der Waals surface area (Å²) in [7, 11) is 0. The highest BCUT2D eigenvalue weighted by Crippen LogP contribution is 2.34. The van der Waals surface area contributed by atoms with Crippen molar-refractivity contribution < 1.29 is 0 Å². The molecule has 2 aromatic heterocycles. The predicted molar refractivity (Wildman–Crippen MR) is 107 cm³/mol. The Morgan fingerprint density at radius 2 is 1.92 bits per heavy atom. The predicted octanol–water partition coefficient (Wildman–Crippen LogP) is 3.90. The molecule has 0 N–H and O–H groups in total. The van der Waals surface area contributed by atoms with Gasteiger partial charge in [-0.15, -0.1) is 17.9 Å². The van der Waals surface area contributed by atoms with E-state index in [-0.39, 0.29) is 17.3 Å². The minimum absolute atomic E-state index is 0.152. The van der Waals surface area contributed by atoms with Gasteiger partial charge in [-0.05, 0) is 43.7 Å². The van der Waals surface area contributed by atoms with Gasteiger partial charge < -0.3 is 0 Å². The Balaban J connectivity index is 2.06. The zero-order chi connectivity index (χ0) is 18.3. The van der Waals surface area contributed by atoms with Gasteiger partial charge in [0.25, 0.3) is 5.56 Å². The number of aryl methyl sites for hydroxylation is 2. The molecule has 4 rings (SSSR count). The van der Waals surface area contributed by atoms with E-state index in [9.17, 15) is 9.59 Å². The first-order valence-corrected chi connectivity index (χ1v) is 9.90. The smallest absolute Gasteiger partial charge is 0.280 e. The summed E-state index contributed by atoms with van der Waals surface area (Å²) in [6.07, 6.45) is 5.91. The largest absolute Gasteiger partial charge is 0.332 e. The number of fused-ring (bicyclic) bond motifs is 3. The molecule has 0 fully saturated rings. The van der Waals surface area contributed by atoms with Crippen LogP contribution in [-0.2, 0) is 19.4 Å². The molecule has 1 aliphatic rings.